The Balaban J connectivity index is 1.44. The maximum Gasteiger partial charge on any atom is 0.246 e. The maximum atomic E-state index is 14.0. The van der Waals surface area contributed by atoms with E-state index in [4.69, 9.17) is 4.52 Å². The minimum atomic E-state index is -4.18. The Labute approximate surface area is 179 Å². The number of halogens is 2. The van der Waals surface area contributed by atoms with Gasteiger partial charge in [0.15, 0.2) is 5.82 Å². The summed E-state index contributed by atoms with van der Waals surface area (Å²) in [4.78, 5) is 16.6. The van der Waals surface area contributed by atoms with E-state index in [1.807, 2.05) is 0 Å². The molecule has 2 aliphatic rings. The van der Waals surface area contributed by atoms with Crippen molar-refractivity contribution < 1.29 is 26.5 Å². The van der Waals surface area contributed by atoms with Gasteiger partial charge in [0.2, 0.25) is 21.8 Å². The molecule has 2 fully saturated rings. The number of nitrogens with zero attached hydrogens (tertiary/aromatic N) is 3. The summed E-state index contributed by atoms with van der Waals surface area (Å²) < 4.78 is 59.2. The van der Waals surface area contributed by atoms with Gasteiger partial charge in [0.1, 0.15) is 22.1 Å². The number of benzene rings is 1. The summed E-state index contributed by atoms with van der Waals surface area (Å²) in [6.07, 6.45) is 3.85. The van der Waals surface area contributed by atoms with Crippen molar-refractivity contribution in [2.24, 2.45) is 5.92 Å². The molecule has 8 nitrogen and oxygen atoms in total. The van der Waals surface area contributed by atoms with Crippen LogP contribution in [0.1, 0.15) is 50.2 Å². The molecule has 1 N–H and O–H groups in total. The molecule has 168 valence electrons. The number of nitrogens with one attached hydrogen (secondary N) is 1. The van der Waals surface area contributed by atoms with Gasteiger partial charge in [-0.25, -0.2) is 17.2 Å². The molecule has 1 saturated heterocycles. The van der Waals surface area contributed by atoms with E-state index in [9.17, 15) is 22.0 Å². The number of carbonyl (C=O) groups is 1. The first kappa shape index (κ1) is 21.8. The first-order valence-corrected chi connectivity index (χ1v) is 11.7. The van der Waals surface area contributed by atoms with Crippen molar-refractivity contribution in [1.29, 1.82) is 0 Å². The molecule has 1 aliphatic carbocycles. The molecule has 1 aliphatic heterocycles. The lowest BCUT2D eigenvalue weighted by atomic mass is 9.92. The summed E-state index contributed by atoms with van der Waals surface area (Å²) in [5.41, 5.74) is -0.664. The van der Waals surface area contributed by atoms with Crippen LogP contribution in [0.3, 0.4) is 0 Å². The first-order chi connectivity index (χ1) is 14.7. The Morgan fingerprint density at radius 2 is 1.90 bits per heavy atom. The summed E-state index contributed by atoms with van der Waals surface area (Å²) in [5, 5.41) is 7.10. The van der Waals surface area contributed by atoms with Crippen LogP contribution in [0.2, 0.25) is 0 Å². The van der Waals surface area contributed by atoms with E-state index in [1.54, 1.807) is 6.92 Å². The van der Waals surface area contributed by atoms with Gasteiger partial charge in [-0.15, -0.1) is 0 Å². The number of rotatable bonds is 5. The minimum Gasteiger partial charge on any atom is -0.343 e. The van der Waals surface area contributed by atoms with Crippen LogP contribution in [0, 0.1) is 24.5 Å². The Hall–Kier alpha value is -2.40. The van der Waals surface area contributed by atoms with Crippen LogP contribution in [0.25, 0.3) is 0 Å². The number of amides is 1. The molecule has 1 saturated carbocycles. The van der Waals surface area contributed by atoms with Gasteiger partial charge in [0.25, 0.3) is 0 Å². The lowest BCUT2D eigenvalue weighted by Crippen LogP contribution is -2.49. The average Bonchev–Trinajstić information content (AvgIpc) is 3.40. The third-order valence-electron chi connectivity index (χ3n) is 6.11. The van der Waals surface area contributed by atoms with Crippen molar-refractivity contribution in [3.63, 3.8) is 0 Å². The molecule has 0 unspecified atom stereocenters. The Kier molecular flexibility index (Phi) is 5.82. The van der Waals surface area contributed by atoms with Crippen molar-refractivity contribution in [1.82, 2.24) is 19.8 Å². The van der Waals surface area contributed by atoms with Crippen molar-refractivity contribution in [3.05, 3.63) is 41.5 Å². The molecule has 0 bridgehead atoms. The van der Waals surface area contributed by atoms with E-state index in [0.29, 0.717) is 30.6 Å². The normalized spacial score (nSPS) is 20.1. The highest BCUT2D eigenvalue weighted by atomic mass is 32.2. The van der Waals surface area contributed by atoms with E-state index in [0.717, 1.165) is 29.3 Å². The van der Waals surface area contributed by atoms with Crippen LogP contribution in [0.4, 0.5) is 8.78 Å². The lowest BCUT2D eigenvalue weighted by molar-refractivity contribution is -0.128. The molecule has 4 rings (SSSR count). The van der Waals surface area contributed by atoms with Crippen molar-refractivity contribution in [2.75, 3.05) is 13.1 Å². The van der Waals surface area contributed by atoms with Gasteiger partial charge in [-0.2, -0.15) is 9.29 Å². The summed E-state index contributed by atoms with van der Waals surface area (Å²) in [6, 6.07) is 2.35. The molecule has 0 spiro atoms. The first-order valence-electron chi connectivity index (χ1n) is 10.3. The Morgan fingerprint density at radius 3 is 2.52 bits per heavy atom. The Bertz CT molecular complexity index is 1070. The van der Waals surface area contributed by atoms with Crippen LogP contribution in [-0.2, 0) is 20.4 Å². The zero-order valence-corrected chi connectivity index (χ0v) is 17.9. The summed E-state index contributed by atoms with van der Waals surface area (Å²) in [7, 11) is -4.18. The van der Waals surface area contributed by atoms with Crippen LogP contribution >= 0.6 is 0 Å². The molecule has 31 heavy (non-hydrogen) atoms. The van der Waals surface area contributed by atoms with Gasteiger partial charge in [-0.3, -0.25) is 4.79 Å². The molecule has 2 heterocycles. The lowest BCUT2D eigenvalue weighted by Gasteiger charge is -2.33. The van der Waals surface area contributed by atoms with E-state index < -0.39 is 38.0 Å². The zero-order valence-electron chi connectivity index (χ0n) is 17.1. The van der Waals surface area contributed by atoms with Gasteiger partial charge < -0.3 is 9.84 Å². The second-order valence-corrected chi connectivity index (χ2v) is 10.1. The third kappa shape index (κ3) is 4.20. The van der Waals surface area contributed by atoms with E-state index >= 15 is 0 Å². The van der Waals surface area contributed by atoms with Crippen LogP contribution in [-0.4, -0.2) is 41.9 Å². The largest absolute Gasteiger partial charge is 0.343 e. The van der Waals surface area contributed by atoms with Gasteiger partial charge in [0.05, 0.1) is 0 Å². The van der Waals surface area contributed by atoms with Crippen LogP contribution in [0.15, 0.2) is 27.6 Å². The highest BCUT2D eigenvalue weighted by Gasteiger charge is 2.43. The summed E-state index contributed by atoms with van der Waals surface area (Å²) >= 11 is 0. The van der Waals surface area contributed by atoms with Crippen LogP contribution < -0.4 is 5.32 Å². The molecule has 0 atom stereocenters. The van der Waals surface area contributed by atoms with Gasteiger partial charge in [0, 0.05) is 25.9 Å². The molecule has 0 radical (unpaired) electrons. The van der Waals surface area contributed by atoms with Gasteiger partial charge >= 0.3 is 0 Å². The number of piperidine rings is 1. The van der Waals surface area contributed by atoms with Crippen molar-refractivity contribution in [3.8, 4) is 0 Å². The highest BCUT2D eigenvalue weighted by Crippen LogP contribution is 2.38. The number of aryl methyl sites for hydroxylation is 1. The van der Waals surface area contributed by atoms with E-state index in [2.05, 4.69) is 15.5 Å². The molecule has 11 heteroatoms. The molecule has 1 aromatic carbocycles. The molecule has 2 aromatic rings. The number of hydrogen-bond acceptors (Lipinski definition) is 6. The molecule has 1 aromatic heterocycles. The zero-order chi connectivity index (χ0) is 22.2. The van der Waals surface area contributed by atoms with Crippen LogP contribution in [0.5, 0.6) is 0 Å². The van der Waals surface area contributed by atoms with Crippen molar-refractivity contribution in [2.45, 2.75) is 55.9 Å². The fraction of sp³-hybridized carbons (Fsp3) is 0.550. The predicted octanol–water partition coefficient (Wildman–Crippen LogP) is 2.64. The summed E-state index contributed by atoms with van der Waals surface area (Å²) in [6.45, 7) is 1.79. The predicted molar refractivity (Wildman–Crippen MR) is 105 cm³/mol. The number of carbonyl (C=O) groups excluding carboxylic acids is 1. The Morgan fingerprint density at radius 1 is 1.23 bits per heavy atom. The second kappa shape index (κ2) is 8.27. The number of sulfonamides is 1. The summed E-state index contributed by atoms with van der Waals surface area (Å²) in [5.74, 6) is -1.50. The highest BCUT2D eigenvalue weighted by molar-refractivity contribution is 7.89. The van der Waals surface area contributed by atoms with Gasteiger partial charge in [-0.05, 0) is 43.9 Å². The SMILES string of the molecule is Cc1nc(C2(NC(=O)C3CCN(S(=O)(=O)c4cc(F)ccc4F)CC3)CCCC2)no1. The minimum absolute atomic E-state index is 0.0463. The topological polar surface area (TPSA) is 105 Å². The molecular formula is C20H24F2N4O4S. The standard InChI is InChI=1S/C20H24F2N4O4S/c1-13-23-19(25-30-13)20(8-2-3-9-20)24-18(27)14-6-10-26(11-7-14)31(28,29)17-12-15(21)4-5-16(17)22/h4-5,12,14H,2-3,6-11H2,1H3,(H,24,27). The quantitative estimate of drug-likeness (QED) is 0.745. The fourth-order valence-electron chi connectivity index (χ4n) is 4.39. The average molecular weight is 454 g/mol. The smallest absolute Gasteiger partial charge is 0.246 e. The fourth-order valence-corrected chi connectivity index (χ4v) is 5.93. The number of aromatic nitrogens is 2. The third-order valence-corrected chi connectivity index (χ3v) is 8.02. The second-order valence-electron chi connectivity index (χ2n) is 8.17. The maximum absolute atomic E-state index is 14.0. The van der Waals surface area contributed by atoms with Gasteiger partial charge in [-0.1, -0.05) is 18.0 Å². The number of hydrogen-bond donors (Lipinski definition) is 1. The molecular weight excluding hydrogens is 430 g/mol. The van der Waals surface area contributed by atoms with E-state index in [-0.39, 0.29) is 31.8 Å². The monoisotopic (exact) mass is 454 g/mol. The molecule has 1 amide bonds. The van der Waals surface area contributed by atoms with Crippen molar-refractivity contribution >= 4 is 15.9 Å². The van der Waals surface area contributed by atoms with E-state index in [1.165, 1.54) is 0 Å².